The maximum Gasteiger partial charge on any atom is 0.165 e. The molecule has 1 aliphatic rings. The molecule has 17 heavy (non-hydrogen) atoms. The van der Waals surface area contributed by atoms with E-state index in [2.05, 4.69) is 0 Å². The van der Waals surface area contributed by atoms with Crippen molar-refractivity contribution in [2.24, 2.45) is 5.73 Å². The number of aliphatic hydroxyl groups is 1. The van der Waals surface area contributed by atoms with Gasteiger partial charge in [-0.3, -0.25) is 0 Å². The highest BCUT2D eigenvalue weighted by Gasteiger charge is 2.35. The summed E-state index contributed by atoms with van der Waals surface area (Å²) in [6.45, 7) is 0. The van der Waals surface area contributed by atoms with Gasteiger partial charge in [0.1, 0.15) is 0 Å². The highest BCUT2D eigenvalue weighted by Crippen LogP contribution is 2.32. The van der Waals surface area contributed by atoms with Gasteiger partial charge >= 0.3 is 0 Å². The van der Waals surface area contributed by atoms with Crippen LogP contribution in [-0.4, -0.2) is 23.9 Å². The molecule has 2 atom stereocenters. The Morgan fingerprint density at radius 1 is 1.59 bits per heavy atom. The van der Waals surface area contributed by atoms with Crippen molar-refractivity contribution in [3.05, 3.63) is 29.6 Å². The molecule has 3 N–H and O–H groups in total. The van der Waals surface area contributed by atoms with Crippen molar-refractivity contribution >= 4 is 0 Å². The van der Waals surface area contributed by atoms with Crippen LogP contribution in [0.15, 0.2) is 18.2 Å². The van der Waals surface area contributed by atoms with E-state index in [1.165, 1.54) is 13.2 Å². The van der Waals surface area contributed by atoms with E-state index >= 15 is 0 Å². The lowest BCUT2D eigenvalue weighted by Gasteiger charge is -2.22. The summed E-state index contributed by atoms with van der Waals surface area (Å²) in [6.07, 6.45) is 2.54. The van der Waals surface area contributed by atoms with Gasteiger partial charge in [0.15, 0.2) is 11.6 Å². The lowest BCUT2D eigenvalue weighted by molar-refractivity contribution is 0.0468. The van der Waals surface area contributed by atoms with Crippen LogP contribution in [0.5, 0.6) is 5.75 Å². The van der Waals surface area contributed by atoms with Gasteiger partial charge < -0.3 is 15.6 Å². The topological polar surface area (TPSA) is 55.5 Å². The molecule has 1 fully saturated rings. The van der Waals surface area contributed by atoms with Gasteiger partial charge in [0, 0.05) is 12.5 Å². The van der Waals surface area contributed by atoms with E-state index in [4.69, 9.17) is 10.5 Å². The minimum atomic E-state index is -0.777. The second-order valence-electron chi connectivity index (χ2n) is 4.87. The molecule has 1 saturated carbocycles. The number of rotatable bonds is 3. The summed E-state index contributed by atoms with van der Waals surface area (Å²) in [4.78, 5) is 0. The summed E-state index contributed by atoms with van der Waals surface area (Å²) in [7, 11) is 1.43. The Balaban J connectivity index is 2.11. The molecule has 0 aromatic heterocycles. The summed E-state index contributed by atoms with van der Waals surface area (Å²) in [5.41, 5.74) is 5.79. The van der Waals surface area contributed by atoms with E-state index in [9.17, 15) is 9.50 Å². The maximum absolute atomic E-state index is 13.5. The third kappa shape index (κ3) is 2.76. The van der Waals surface area contributed by atoms with Gasteiger partial charge in [-0.1, -0.05) is 6.07 Å². The largest absolute Gasteiger partial charge is 0.494 e. The predicted molar refractivity (Wildman–Crippen MR) is 63.4 cm³/mol. The zero-order valence-electron chi connectivity index (χ0n) is 9.95. The fourth-order valence-corrected chi connectivity index (χ4v) is 2.51. The Morgan fingerprint density at radius 2 is 2.35 bits per heavy atom. The smallest absolute Gasteiger partial charge is 0.165 e. The normalized spacial score (nSPS) is 28.4. The van der Waals surface area contributed by atoms with Crippen LogP contribution in [0, 0.1) is 5.82 Å². The first-order valence-corrected chi connectivity index (χ1v) is 5.83. The molecular formula is C13H18FNO2. The summed E-state index contributed by atoms with van der Waals surface area (Å²) >= 11 is 0. The molecule has 0 radical (unpaired) electrons. The van der Waals surface area contributed by atoms with Gasteiger partial charge in [-0.2, -0.15) is 0 Å². The van der Waals surface area contributed by atoms with Crippen LogP contribution in [0.2, 0.25) is 0 Å². The van der Waals surface area contributed by atoms with Crippen molar-refractivity contribution in [2.45, 2.75) is 37.3 Å². The van der Waals surface area contributed by atoms with Crippen LogP contribution in [0.4, 0.5) is 4.39 Å². The average molecular weight is 239 g/mol. The Morgan fingerprint density at radius 3 is 2.88 bits per heavy atom. The van der Waals surface area contributed by atoms with E-state index in [0.29, 0.717) is 19.3 Å². The maximum atomic E-state index is 13.5. The van der Waals surface area contributed by atoms with Crippen LogP contribution < -0.4 is 10.5 Å². The molecule has 4 heteroatoms. The molecule has 2 unspecified atom stereocenters. The third-order valence-corrected chi connectivity index (χ3v) is 3.37. The zero-order chi connectivity index (χ0) is 12.5. The van der Waals surface area contributed by atoms with Crippen LogP contribution in [0.1, 0.15) is 24.8 Å². The molecule has 2 rings (SSSR count). The second-order valence-corrected chi connectivity index (χ2v) is 4.87. The lowest BCUT2D eigenvalue weighted by Crippen LogP contribution is -2.30. The minimum absolute atomic E-state index is 0.0584. The van der Waals surface area contributed by atoms with Crippen molar-refractivity contribution in [2.75, 3.05) is 7.11 Å². The second kappa shape index (κ2) is 4.63. The van der Waals surface area contributed by atoms with E-state index in [1.807, 2.05) is 0 Å². The van der Waals surface area contributed by atoms with Crippen LogP contribution >= 0.6 is 0 Å². The number of halogens is 1. The quantitative estimate of drug-likeness (QED) is 0.842. The van der Waals surface area contributed by atoms with Gasteiger partial charge in [0.25, 0.3) is 0 Å². The number of hydrogen-bond acceptors (Lipinski definition) is 3. The van der Waals surface area contributed by atoms with Gasteiger partial charge in [0.2, 0.25) is 0 Å². The first-order chi connectivity index (χ1) is 8.02. The van der Waals surface area contributed by atoms with E-state index < -0.39 is 11.4 Å². The van der Waals surface area contributed by atoms with Crippen LogP contribution in [-0.2, 0) is 6.42 Å². The van der Waals surface area contributed by atoms with E-state index in [-0.39, 0.29) is 11.8 Å². The van der Waals surface area contributed by atoms with Gasteiger partial charge in [-0.05, 0) is 37.0 Å². The SMILES string of the molecule is COc1ccc(CC2(O)CCC(N)C2)cc1F. The van der Waals surface area contributed by atoms with Crippen molar-refractivity contribution in [1.82, 2.24) is 0 Å². The first-order valence-electron chi connectivity index (χ1n) is 5.83. The van der Waals surface area contributed by atoms with Crippen molar-refractivity contribution in [3.8, 4) is 5.75 Å². The highest BCUT2D eigenvalue weighted by molar-refractivity contribution is 5.30. The fourth-order valence-electron chi connectivity index (χ4n) is 2.51. The number of methoxy groups -OCH3 is 1. The lowest BCUT2D eigenvalue weighted by atomic mass is 9.92. The molecule has 0 spiro atoms. The summed E-state index contributed by atoms with van der Waals surface area (Å²) < 4.78 is 18.3. The molecular weight excluding hydrogens is 221 g/mol. The third-order valence-electron chi connectivity index (χ3n) is 3.37. The molecule has 0 saturated heterocycles. The Kier molecular flexibility index (Phi) is 3.35. The fraction of sp³-hybridized carbons (Fsp3) is 0.538. The Labute approximate surface area is 100 Å². The Bertz CT molecular complexity index is 410. The molecule has 0 heterocycles. The zero-order valence-corrected chi connectivity index (χ0v) is 9.95. The van der Waals surface area contributed by atoms with E-state index in [1.54, 1.807) is 12.1 Å². The van der Waals surface area contributed by atoms with Gasteiger partial charge in [0.05, 0.1) is 12.7 Å². The van der Waals surface area contributed by atoms with Gasteiger partial charge in [-0.15, -0.1) is 0 Å². The Hall–Kier alpha value is -1.13. The minimum Gasteiger partial charge on any atom is -0.494 e. The standard InChI is InChI=1S/C13H18FNO2/c1-17-12-3-2-9(6-11(12)14)7-13(16)5-4-10(15)8-13/h2-3,6,10,16H,4-5,7-8,15H2,1H3. The van der Waals surface area contributed by atoms with Crippen molar-refractivity contribution in [1.29, 1.82) is 0 Å². The number of nitrogens with two attached hydrogens (primary N) is 1. The molecule has 1 aromatic rings. The van der Waals surface area contributed by atoms with Gasteiger partial charge in [-0.25, -0.2) is 4.39 Å². The van der Waals surface area contributed by atoms with Crippen molar-refractivity contribution < 1.29 is 14.2 Å². The highest BCUT2D eigenvalue weighted by atomic mass is 19.1. The molecule has 1 aliphatic carbocycles. The van der Waals surface area contributed by atoms with Crippen LogP contribution in [0.25, 0.3) is 0 Å². The summed E-state index contributed by atoms with van der Waals surface area (Å²) in [6, 6.07) is 4.84. The number of ether oxygens (including phenoxy) is 1. The molecule has 0 bridgehead atoms. The monoisotopic (exact) mass is 239 g/mol. The molecule has 0 aliphatic heterocycles. The number of hydrogen-bond donors (Lipinski definition) is 2. The number of benzene rings is 1. The van der Waals surface area contributed by atoms with Crippen molar-refractivity contribution in [3.63, 3.8) is 0 Å². The average Bonchev–Trinajstić information content (AvgIpc) is 2.58. The summed E-state index contributed by atoms with van der Waals surface area (Å²) in [5, 5.41) is 10.3. The van der Waals surface area contributed by atoms with E-state index in [0.717, 1.165) is 12.0 Å². The van der Waals surface area contributed by atoms with Crippen LogP contribution in [0.3, 0.4) is 0 Å². The molecule has 3 nitrogen and oxygen atoms in total. The first kappa shape index (κ1) is 12.3. The summed E-state index contributed by atoms with van der Waals surface area (Å²) in [5.74, 6) is -0.167. The molecule has 0 amide bonds. The molecule has 94 valence electrons. The molecule has 1 aromatic carbocycles. The predicted octanol–water partition coefficient (Wildman–Crippen LogP) is 1.62.